The number of carboxylic acid groups (broad SMARTS) is 1. The molecule has 9 nitrogen and oxygen atoms in total. The number of amides is 3. The van der Waals surface area contributed by atoms with Gasteiger partial charge in [-0.1, -0.05) is 62.4 Å². The average molecular weight is 514 g/mol. The highest BCUT2D eigenvalue weighted by atomic mass is 19.1. The molecule has 0 fully saturated rings. The van der Waals surface area contributed by atoms with Crippen molar-refractivity contribution < 1.29 is 33.4 Å². The third kappa shape index (κ3) is 6.84. The first-order chi connectivity index (χ1) is 17.6. The predicted molar refractivity (Wildman–Crippen MR) is 135 cm³/mol. The van der Waals surface area contributed by atoms with E-state index in [2.05, 4.69) is 16.0 Å². The van der Waals surface area contributed by atoms with Crippen LogP contribution >= 0.6 is 0 Å². The number of carbonyl (C=O) groups excluding carboxylic acids is 3. The third-order valence-electron chi connectivity index (χ3n) is 6.18. The number of nitrogens with one attached hydrogen (secondary N) is 3. The summed E-state index contributed by atoms with van der Waals surface area (Å²) in [5.74, 6) is -3.22. The van der Waals surface area contributed by atoms with Crippen molar-refractivity contribution in [1.82, 2.24) is 16.0 Å². The average Bonchev–Trinajstić information content (AvgIpc) is 3.18. The van der Waals surface area contributed by atoms with Crippen molar-refractivity contribution in [2.45, 2.75) is 51.2 Å². The van der Waals surface area contributed by atoms with Gasteiger partial charge in [-0.25, -0.2) is 14.0 Å². The second-order valence-electron chi connectivity index (χ2n) is 9.44. The van der Waals surface area contributed by atoms with Crippen LogP contribution in [0, 0.1) is 5.92 Å². The van der Waals surface area contributed by atoms with Crippen LogP contribution < -0.4 is 16.0 Å². The van der Waals surface area contributed by atoms with Gasteiger partial charge < -0.3 is 25.8 Å². The van der Waals surface area contributed by atoms with E-state index in [9.17, 15) is 28.7 Å². The molecule has 0 aromatic heterocycles. The van der Waals surface area contributed by atoms with Crippen LogP contribution in [0.5, 0.6) is 0 Å². The molecule has 3 atom stereocenters. The van der Waals surface area contributed by atoms with E-state index in [1.807, 2.05) is 48.5 Å². The molecule has 0 unspecified atom stereocenters. The first kappa shape index (κ1) is 27.6. The quantitative estimate of drug-likeness (QED) is 0.365. The molecule has 0 radical (unpaired) electrons. The molecule has 1 aliphatic carbocycles. The molecule has 0 saturated heterocycles. The summed E-state index contributed by atoms with van der Waals surface area (Å²) in [6.07, 6.45) is -0.693. The molecule has 0 heterocycles. The highest BCUT2D eigenvalue weighted by Crippen LogP contribution is 2.44. The smallest absolute Gasteiger partial charge is 0.407 e. The molecule has 4 N–H and O–H groups in total. The van der Waals surface area contributed by atoms with Gasteiger partial charge in [-0.05, 0) is 41.5 Å². The van der Waals surface area contributed by atoms with Crippen LogP contribution in [0.4, 0.5) is 9.18 Å². The van der Waals surface area contributed by atoms with Gasteiger partial charge >= 0.3 is 12.1 Å². The van der Waals surface area contributed by atoms with Crippen LogP contribution in [0.3, 0.4) is 0 Å². The maximum atomic E-state index is 13.5. The number of alkyl carbamates (subject to hydrolysis) is 1. The molecule has 0 saturated carbocycles. The summed E-state index contributed by atoms with van der Waals surface area (Å²) >= 11 is 0. The summed E-state index contributed by atoms with van der Waals surface area (Å²) in [4.78, 5) is 48.6. The summed E-state index contributed by atoms with van der Waals surface area (Å²) < 4.78 is 18.9. The number of fused-ring (bicyclic) bond motifs is 3. The summed E-state index contributed by atoms with van der Waals surface area (Å²) in [7, 11) is 0. The molecule has 10 heteroatoms. The van der Waals surface area contributed by atoms with E-state index in [1.54, 1.807) is 13.8 Å². The van der Waals surface area contributed by atoms with Gasteiger partial charge in [0.1, 0.15) is 31.4 Å². The van der Waals surface area contributed by atoms with E-state index in [-0.39, 0.29) is 24.9 Å². The summed E-state index contributed by atoms with van der Waals surface area (Å²) in [5, 5.41) is 16.1. The van der Waals surface area contributed by atoms with Gasteiger partial charge in [0.05, 0.1) is 0 Å². The first-order valence-electron chi connectivity index (χ1n) is 12.1. The molecule has 37 heavy (non-hydrogen) atoms. The Morgan fingerprint density at radius 1 is 0.865 bits per heavy atom. The third-order valence-corrected chi connectivity index (χ3v) is 6.18. The second-order valence-corrected chi connectivity index (χ2v) is 9.44. The van der Waals surface area contributed by atoms with Crippen molar-refractivity contribution in [3.8, 4) is 11.1 Å². The van der Waals surface area contributed by atoms with Gasteiger partial charge in [-0.3, -0.25) is 9.59 Å². The van der Waals surface area contributed by atoms with E-state index in [1.165, 1.54) is 6.92 Å². The van der Waals surface area contributed by atoms with Gasteiger partial charge in [0.15, 0.2) is 0 Å². The minimum Gasteiger partial charge on any atom is -0.480 e. The van der Waals surface area contributed by atoms with Crippen molar-refractivity contribution in [3.05, 3.63) is 59.7 Å². The Hall–Kier alpha value is -3.95. The van der Waals surface area contributed by atoms with Crippen LogP contribution in [-0.4, -0.2) is 60.4 Å². The highest BCUT2D eigenvalue weighted by molar-refractivity contribution is 5.92. The summed E-state index contributed by atoms with van der Waals surface area (Å²) in [6.45, 7) is 3.74. The maximum Gasteiger partial charge on any atom is 0.407 e. The van der Waals surface area contributed by atoms with Crippen molar-refractivity contribution in [2.24, 2.45) is 5.92 Å². The second kappa shape index (κ2) is 12.3. The van der Waals surface area contributed by atoms with E-state index in [0.717, 1.165) is 22.3 Å². The SMILES string of the molecule is CC(C)C[C@H](NC(=O)[C@H](CF)NC(=O)[C@H](C)NC(=O)OCC1c2ccccc2-c2ccccc21)C(=O)O. The fourth-order valence-corrected chi connectivity index (χ4v) is 4.32. The Balaban J connectivity index is 1.54. The lowest BCUT2D eigenvalue weighted by atomic mass is 9.98. The number of halogens is 1. The molecule has 2 aromatic carbocycles. The summed E-state index contributed by atoms with van der Waals surface area (Å²) in [5.41, 5.74) is 4.23. The number of carboxylic acids is 1. The molecular weight excluding hydrogens is 481 g/mol. The fourth-order valence-electron chi connectivity index (χ4n) is 4.32. The largest absolute Gasteiger partial charge is 0.480 e. The van der Waals surface area contributed by atoms with E-state index >= 15 is 0 Å². The number of rotatable bonds is 11. The van der Waals surface area contributed by atoms with E-state index in [0.29, 0.717) is 0 Å². The number of benzene rings is 2. The van der Waals surface area contributed by atoms with Crippen LogP contribution in [0.15, 0.2) is 48.5 Å². The molecular formula is C27H32FN3O6. The number of hydrogen-bond acceptors (Lipinski definition) is 5. The first-order valence-corrected chi connectivity index (χ1v) is 12.1. The van der Waals surface area contributed by atoms with Gasteiger partial charge in [0, 0.05) is 5.92 Å². The molecule has 0 spiro atoms. The van der Waals surface area contributed by atoms with Crippen molar-refractivity contribution in [2.75, 3.05) is 13.3 Å². The van der Waals surface area contributed by atoms with Crippen molar-refractivity contribution in [3.63, 3.8) is 0 Å². The molecule has 3 rings (SSSR count). The Bertz CT molecular complexity index is 1110. The number of aliphatic carboxylic acids is 1. The van der Waals surface area contributed by atoms with E-state index < -0.39 is 48.7 Å². The Morgan fingerprint density at radius 3 is 1.92 bits per heavy atom. The van der Waals surface area contributed by atoms with E-state index in [4.69, 9.17) is 4.74 Å². The van der Waals surface area contributed by atoms with Gasteiger partial charge in [0.2, 0.25) is 11.8 Å². The minimum atomic E-state index is -1.60. The van der Waals surface area contributed by atoms with Crippen molar-refractivity contribution in [1.29, 1.82) is 0 Å². The number of ether oxygens (including phenoxy) is 1. The highest BCUT2D eigenvalue weighted by Gasteiger charge is 2.31. The summed E-state index contributed by atoms with van der Waals surface area (Å²) in [6, 6.07) is 11.8. The van der Waals surface area contributed by atoms with Gasteiger partial charge in [0.25, 0.3) is 0 Å². The number of hydrogen-bond donors (Lipinski definition) is 4. The number of alkyl halides is 1. The Morgan fingerprint density at radius 2 is 1.41 bits per heavy atom. The fraction of sp³-hybridized carbons (Fsp3) is 0.407. The van der Waals surface area contributed by atoms with Gasteiger partial charge in [-0.2, -0.15) is 0 Å². The normalized spacial score (nSPS) is 14.6. The standard InChI is InChI=1S/C27H32FN3O6/c1-15(2)12-22(26(34)35)30-25(33)23(13-28)31-24(32)16(3)29-27(36)37-14-21-19-10-6-4-8-17(19)18-9-5-7-11-20(18)21/h4-11,15-16,21-23H,12-14H2,1-3H3,(H,29,36)(H,30,33)(H,31,32)(H,34,35)/t16-,22-,23-/m0/s1. The molecule has 0 aliphatic heterocycles. The van der Waals surface area contributed by atoms with Crippen LogP contribution in [0.25, 0.3) is 11.1 Å². The lowest BCUT2D eigenvalue weighted by Gasteiger charge is -2.22. The lowest BCUT2D eigenvalue weighted by Crippen LogP contribution is -2.56. The van der Waals surface area contributed by atoms with Crippen LogP contribution in [0.1, 0.15) is 44.2 Å². The zero-order valence-electron chi connectivity index (χ0n) is 21.0. The zero-order chi connectivity index (χ0) is 27.1. The van der Waals surface area contributed by atoms with Crippen LogP contribution in [-0.2, 0) is 19.1 Å². The maximum absolute atomic E-state index is 13.5. The molecule has 3 amide bonds. The Labute approximate surface area is 214 Å². The molecule has 1 aliphatic rings. The molecule has 198 valence electrons. The van der Waals surface area contributed by atoms with Crippen LogP contribution in [0.2, 0.25) is 0 Å². The predicted octanol–water partition coefficient (Wildman–Crippen LogP) is 2.98. The van der Waals surface area contributed by atoms with Gasteiger partial charge in [-0.15, -0.1) is 0 Å². The Kier molecular flexibility index (Phi) is 9.21. The number of carbonyl (C=O) groups is 4. The lowest BCUT2D eigenvalue weighted by molar-refractivity contribution is -0.142. The molecule has 0 bridgehead atoms. The monoisotopic (exact) mass is 513 g/mol. The minimum absolute atomic E-state index is 0.0266. The topological polar surface area (TPSA) is 134 Å². The van der Waals surface area contributed by atoms with Crippen molar-refractivity contribution >= 4 is 23.9 Å². The zero-order valence-corrected chi connectivity index (χ0v) is 21.0. The molecule has 2 aromatic rings.